The zero-order chi connectivity index (χ0) is 19.6. The van der Waals surface area contributed by atoms with Crippen LogP contribution in [0.15, 0.2) is 30.3 Å². The molecule has 0 unspecified atom stereocenters. The first kappa shape index (κ1) is 20.4. The Morgan fingerprint density at radius 1 is 1.11 bits per heavy atom. The van der Waals surface area contributed by atoms with Crippen molar-refractivity contribution in [3.63, 3.8) is 0 Å². The topological polar surface area (TPSA) is 93.2 Å². The number of unbranched alkanes of at least 4 members (excludes halogenated alkanes) is 2. The Bertz CT molecular complexity index is 793. The zero-order valence-corrected chi connectivity index (χ0v) is 16.0. The highest BCUT2D eigenvalue weighted by molar-refractivity contribution is 5.96. The molecule has 0 spiro atoms. The Morgan fingerprint density at radius 2 is 1.89 bits per heavy atom. The van der Waals surface area contributed by atoms with Gasteiger partial charge in [-0.25, -0.2) is 14.8 Å². The standard InChI is InChI=1S/C20H26N4O3/c1-4-6-9-12-21-18(25)17-13-14(3)22-20(24-17)23-16-11-8-7-10-15(16)19(26)27-5-2/h7-8,10-11,13H,4-6,9,12H2,1-3H3,(H,21,25)(H,22,23,24). The van der Waals surface area contributed by atoms with Crippen molar-refractivity contribution >= 4 is 23.5 Å². The number of carbonyl (C=O) groups excluding carboxylic acids is 2. The second kappa shape index (κ2) is 10.3. The molecule has 0 aliphatic carbocycles. The van der Waals surface area contributed by atoms with Gasteiger partial charge >= 0.3 is 5.97 Å². The first-order valence-electron chi connectivity index (χ1n) is 9.22. The third-order valence-corrected chi connectivity index (χ3v) is 3.82. The number of para-hydroxylation sites is 1. The first-order chi connectivity index (χ1) is 13.0. The highest BCUT2D eigenvalue weighted by Crippen LogP contribution is 2.20. The number of hydrogen-bond acceptors (Lipinski definition) is 6. The highest BCUT2D eigenvalue weighted by atomic mass is 16.5. The van der Waals surface area contributed by atoms with Crippen LogP contribution >= 0.6 is 0 Å². The minimum Gasteiger partial charge on any atom is -0.462 e. The molecule has 0 aliphatic rings. The van der Waals surface area contributed by atoms with E-state index in [0.717, 1.165) is 19.3 Å². The van der Waals surface area contributed by atoms with E-state index in [0.29, 0.717) is 23.5 Å². The number of aryl methyl sites for hydroxylation is 1. The third-order valence-electron chi connectivity index (χ3n) is 3.82. The number of aromatic nitrogens is 2. The van der Waals surface area contributed by atoms with E-state index in [1.807, 2.05) is 0 Å². The minimum absolute atomic E-state index is 0.238. The molecule has 2 aromatic rings. The molecule has 0 saturated carbocycles. The van der Waals surface area contributed by atoms with Gasteiger partial charge in [-0.2, -0.15) is 0 Å². The fraction of sp³-hybridized carbons (Fsp3) is 0.400. The van der Waals surface area contributed by atoms with E-state index < -0.39 is 5.97 Å². The van der Waals surface area contributed by atoms with E-state index >= 15 is 0 Å². The van der Waals surface area contributed by atoms with E-state index in [1.165, 1.54) is 0 Å². The molecule has 1 aromatic carbocycles. The molecule has 7 nitrogen and oxygen atoms in total. The molecular weight excluding hydrogens is 344 g/mol. The molecule has 0 fully saturated rings. The van der Waals surface area contributed by atoms with E-state index in [1.54, 1.807) is 44.2 Å². The number of carbonyl (C=O) groups is 2. The molecule has 0 saturated heterocycles. The van der Waals surface area contributed by atoms with Crippen LogP contribution < -0.4 is 10.6 Å². The van der Waals surface area contributed by atoms with E-state index in [9.17, 15) is 9.59 Å². The van der Waals surface area contributed by atoms with Crippen LogP contribution in [0.5, 0.6) is 0 Å². The fourth-order valence-electron chi connectivity index (χ4n) is 2.51. The van der Waals surface area contributed by atoms with Gasteiger partial charge in [-0.3, -0.25) is 4.79 Å². The molecule has 0 bridgehead atoms. The number of nitrogens with one attached hydrogen (secondary N) is 2. The molecule has 27 heavy (non-hydrogen) atoms. The Kier molecular flexibility index (Phi) is 7.73. The summed E-state index contributed by atoms with van der Waals surface area (Å²) in [7, 11) is 0. The zero-order valence-electron chi connectivity index (χ0n) is 16.0. The van der Waals surface area contributed by atoms with Gasteiger partial charge in [0, 0.05) is 12.2 Å². The van der Waals surface area contributed by atoms with Crippen LogP contribution in [-0.2, 0) is 4.74 Å². The van der Waals surface area contributed by atoms with Crippen molar-refractivity contribution in [3.8, 4) is 0 Å². The number of nitrogens with zero attached hydrogens (tertiary/aromatic N) is 2. The summed E-state index contributed by atoms with van der Waals surface area (Å²) in [5.74, 6) is -0.411. The SMILES string of the molecule is CCCCCNC(=O)c1cc(C)nc(Nc2ccccc2C(=O)OCC)n1. The van der Waals surface area contributed by atoms with Crippen LogP contribution in [0.2, 0.25) is 0 Å². The van der Waals surface area contributed by atoms with E-state index in [-0.39, 0.29) is 24.2 Å². The van der Waals surface area contributed by atoms with Gasteiger partial charge < -0.3 is 15.4 Å². The van der Waals surface area contributed by atoms with Gasteiger partial charge in [0.25, 0.3) is 5.91 Å². The summed E-state index contributed by atoms with van der Waals surface area (Å²) in [6.07, 6.45) is 3.10. The summed E-state index contributed by atoms with van der Waals surface area (Å²) in [6, 6.07) is 8.59. The summed E-state index contributed by atoms with van der Waals surface area (Å²) >= 11 is 0. The van der Waals surface area contributed by atoms with Crippen LogP contribution in [-0.4, -0.2) is 35.0 Å². The molecule has 1 amide bonds. The normalized spacial score (nSPS) is 10.3. The number of anilines is 2. The van der Waals surface area contributed by atoms with E-state index in [4.69, 9.17) is 4.74 Å². The summed E-state index contributed by atoms with van der Waals surface area (Å²) in [4.78, 5) is 33.0. The van der Waals surface area contributed by atoms with Crippen LogP contribution in [0.4, 0.5) is 11.6 Å². The molecular formula is C20H26N4O3. The Balaban J connectivity index is 2.17. The second-order valence-electron chi connectivity index (χ2n) is 6.07. The second-order valence-corrected chi connectivity index (χ2v) is 6.07. The van der Waals surface area contributed by atoms with Crippen LogP contribution in [0, 0.1) is 6.92 Å². The minimum atomic E-state index is -0.429. The molecule has 1 heterocycles. The lowest BCUT2D eigenvalue weighted by Gasteiger charge is -2.11. The first-order valence-corrected chi connectivity index (χ1v) is 9.22. The van der Waals surface area contributed by atoms with Crippen molar-refractivity contribution in [3.05, 3.63) is 47.3 Å². The van der Waals surface area contributed by atoms with Gasteiger partial charge in [0.15, 0.2) is 0 Å². The quantitative estimate of drug-likeness (QED) is 0.517. The Morgan fingerprint density at radius 3 is 2.63 bits per heavy atom. The van der Waals surface area contributed by atoms with Gasteiger partial charge in [0.05, 0.1) is 17.9 Å². The van der Waals surface area contributed by atoms with Gasteiger partial charge in [-0.1, -0.05) is 31.9 Å². The van der Waals surface area contributed by atoms with Gasteiger partial charge in [0.1, 0.15) is 5.69 Å². The van der Waals surface area contributed by atoms with Gasteiger partial charge in [-0.05, 0) is 38.5 Å². The van der Waals surface area contributed by atoms with E-state index in [2.05, 4.69) is 27.5 Å². The Hall–Kier alpha value is -2.96. The van der Waals surface area contributed by atoms with Crippen LogP contribution in [0.25, 0.3) is 0 Å². The summed E-state index contributed by atoms with van der Waals surface area (Å²) < 4.78 is 5.07. The molecule has 0 atom stereocenters. The monoisotopic (exact) mass is 370 g/mol. The number of ether oxygens (including phenoxy) is 1. The van der Waals surface area contributed by atoms with Crippen molar-refractivity contribution in [1.82, 2.24) is 15.3 Å². The number of esters is 1. The largest absolute Gasteiger partial charge is 0.462 e. The summed E-state index contributed by atoms with van der Waals surface area (Å²) in [5.41, 5.74) is 1.85. The maximum atomic E-state index is 12.3. The predicted molar refractivity (Wildman–Crippen MR) is 104 cm³/mol. The molecule has 2 rings (SSSR count). The Labute approximate surface area is 159 Å². The molecule has 0 radical (unpaired) electrons. The van der Waals surface area contributed by atoms with Gasteiger partial charge in [0.2, 0.25) is 5.95 Å². The van der Waals surface area contributed by atoms with Crippen LogP contribution in [0.3, 0.4) is 0 Å². The predicted octanol–water partition coefficient (Wildman–Crippen LogP) is 3.63. The smallest absolute Gasteiger partial charge is 0.340 e. The van der Waals surface area contributed by atoms with Crippen molar-refractivity contribution in [2.24, 2.45) is 0 Å². The molecule has 0 aliphatic heterocycles. The van der Waals surface area contributed by atoms with Gasteiger partial charge in [-0.15, -0.1) is 0 Å². The van der Waals surface area contributed by atoms with Crippen molar-refractivity contribution in [1.29, 1.82) is 0 Å². The molecule has 2 N–H and O–H groups in total. The number of amides is 1. The lowest BCUT2D eigenvalue weighted by atomic mass is 10.2. The fourth-order valence-corrected chi connectivity index (χ4v) is 2.51. The van der Waals surface area contributed by atoms with Crippen molar-refractivity contribution in [2.45, 2.75) is 40.0 Å². The molecule has 1 aromatic heterocycles. The van der Waals surface area contributed by atoms with Crippen LogP contribution in [0.1, 0.15) is 59.7 Å². The third kappa shape index (κ3) is 6.06. The maximum Gasteiger partial charge on any atom is 0.340 e. The number of hydrogen-bond donors (Lipinski definition) is 2. The molecule has 7 heteroatoms. The average molecular weight is 370 g/mol. The average Bonchev–Trinajstić information content (AvgIpc) is 2.65. The maximum absolute atomic E-state index is 12.3. The summed E-state index contributed by atoms with van der Waals surface area (Å²) in [5, 5.41) is 5.89. The molecule has 144 valence electrons. The van der Waals surface area contributed by atoms with Crippen molar-refractivity contribution in [2.75, 3.05) is 18.5 Å². The lowest BCUT2D eigenvalue weighted by Crippen LogP contribution is -2.26. The lowest BCUT2D eigenvalue weighted by molar-refractivity contribution is 0.0527. The number of benzene rings is 1. The highest BCUT2D eigenvalue weighted by Gasteiger charge is 2.15. The number of rotatable bonds is 9. The van der Waals surface area contributed by atoms with Crippen molar-refractivity contribution < 1.29 is 14.3 Å². The summed E-state index contributed by atoms with van der Waals surface area (Å²) in [6.45, 7) is 6.56.